The van der Waals surface area contributed by atoms with E-state index in [2.05, 4.69) is 12.8 Å². The minimum absolute atomic E-state index is 0.188. The Labute approximate surface area is 80.3 Å². The SMILES string of the molecule is C#CCC(C(=O)O)C(C)CCCC. The normalized spacial score (nSPS) is 14.5. The van der Waals surface area contributed by atoms with Crippen molar-refractivity contribution in [1.29, 1.82) is 0 Å². The number of terminal acetylenes is 1. The lowest BCUT2D eigenvalue weighted by atomic mass is 9.87. The van der Waals surface area contributed by atoms with E-state index in [1.165, 1.54) is 0 Å². The molecule has 2 heteroatoms. The molecule has 0 spiro atoms. The highest BCUT2D eigenvalue weighted by Crippen LogP contribution is 2.21. The van der Waals surface area contributed by atoms with Gasteiger partial charge < -0.3 is 5.11 Å². The molecule has 0 amide bonds. The van der Waals surface area contributed by atoms with Gasteiger partial charge in [0.15, 0.2) is 0 Å². The number of rotatable bonds is 6. The number of hydrogen-bond acceptors (Lipinski definition) is 1. The Hall–Kier alpha value is -0.970. The smallest absolute Gasteiger partial charge is 0.307 e. The van der Waals surface area contributed by atoms with Crippen LogP contribution in [-0.2, 0) is 4.79 Å². The van der Waals surface area contributed by atoms with E-state index in [0.717, 1.165) is 19.3 Å². The van der Waals surface area contributed by atoms with Crippen LogP contribution in [0.1, 0.15) is 39.5 Å². The van der Waals surface area contributed by atoms with E-state index in [0.29, 0.717) is 6.42 Å². The van der Waals surface area contributed by atoms with E-state index >= 15 is 0 Å². The molecular weight excluding hydrogens is 164 g/mol. The van der Waals surface area contributed by atoms with Gasteiger partial charge in [-0.25, -0.2) is 0 Å². The summed E-state index contributed by atoms with van der Waals surface area (Å²) in [6.07, 6.45) is 8.60. The maximum Gasteiger partial charge on any atom is 0.307 e. The molecule has 0 saturated heterocycles. The van der Waals surface area contributed by atoms with Gasteiger partial charge in [0.25, 0.3) is 0 Å². The summed E-state index contributed by atoms with van der Waals surface area (Å²) >= 11 is 0. The van der Waals surface area contributed by atoms with Crippen LogP contribution >= 0.6 is 0 Å². The number of carboxylic acid groups (broad SMARTS) is 1. The number of aliphatic carboxylic acids is 1. The molecule has 0 saturated carbocycles. The van der Waals surface area contributed by atoms with Crippen molar-refractivity contribution in [3.8, 4) is 12.3 Å². The first-order valence-corrected chi connectivity index (χ1v) is 4.79. The zero-order valence-corrected chi connectivity index (χ0v) is 8.42. The topological polar surface area (TPSA) is 37.3 Å². The summed E-state index contributed by atoms with van der Waals surface area (Å²) in [5.74, 6) is 1.49. The average Bonchev–Trinajstić information content (AvgIpc) is 2.09. The molecule has 1 N–H and O–H groups in total. The molecule has 0 aliphatic heterocycles. The number of carboxylic acids is 1. The number of unbranched alkanes of at least 4 members (excludes halogenated alkanes) is 1. The zero-order chi connectivity index (χ0) is 10.3. The maximum absolute atomic E-state index is 10.8. The predicted molar refractivity (Wildman–Crippen MR) is 53.3 cm³/mol. The highest BCUT2D eigenvalue weighted by atomic mass is 16.4. The van der Waals surface area contributed by atoms with Crippen molar-refractivity contribution in [3.05, 3.63) is 0 Å². The largest absolute Gasteiger partial charge is 0.481 e. The maximum atomic E-state index is 10.8. The van der Waals surface area contributed by atoms with Gasteiger partial charge in [0.2, 0.25) is 0 Å². The van der Waals surface area contributed by atoms with Gasteiger partial charge in [0.1, 0.15) is 0 Å². The van der Waals surface area contributed by atoms with E-state index in [-0.39, 0.29) is 11.8 Å². The van der Waals surface area contributed by atoms with Crippen LogP contribution in [0.4, 0.5) is 0 Å². The minimum atomic E-state index is -0.762. The van der Waals surface area contributed by atoms with Crippen LogP contribution < -0.4 is 0 Å². The third-order valence-electron chi connectivity index (χ3n) is 2.35. The van der Waals surface area contributed by atoms with Crippen LogP contribution in [0.2, 0.25) is 0 Å². The summed E-state index contributed by atoms with van der Waals surface area (Å²) < 4.78 is 0. The van der Waals surface area contributed by atoms with Crippen molar-refractivity contribution < 1.29 is 9.90 Å². The molecule has 0 aromatic carbocycles. The molecule has 2 unspecified atom stereocenters. The Balaban J connectivity index is 4.04. The monoisotopic (exact) mass is 182 g/mol. The number of carbonyl (C=O) groups is 1. The number of hydrogen-bond donors (Lipinski definition) is 1. The van der Waals surface area contributed by atoms with E-state index < -0.39 is 5.97 Å². The molecule has 0 rings (SSSR count). The summed E-state index contributed by atoms with van der Waals surface area (Å²) in [6, 6.07) is 0. The van der Waals surface area contributed by atoms with Gasteiger partial charge in [-0.3, -0.25) is 4.79 Å². The Bertz CT molecular complexity index is 191. The van der Waals surface area contributed by atoms with Crippen molar-refractivity contribution >= 4 is 5.97 Å². The molecule has 0 aliphatic rings. The highest BCUT2D eigenvalue weighted by molar-refractivity contribution is 5.70. The van der Waals surface area contributed by atoms with Crippen LogP contribution in [-0.4, -0.2) is 11.1 Å². The second-order valence-electron chi connectivity index (χ2n) is 3.47. The highest BCUT2D eigenvalue weighted by Gasteiger charge is 2.22. The van der Waals surface area contributed by atoms with Crippen LogP contribution in [0.3, 0.4) is 0 Å². The summed E-state index contributed by atoms with van der Waals surface area (Å²) in [5.41, 5.74) is 0. The minimum Gasteiger partial charge on any atom is -0.481 e. The summed E-state index contributed by atoms with van der Waals surface area (Å²) in [6.45, 7) is 4.06. The molecule has 13 heavy (non-hydrogen) atoms. The zero-order valence-electron chi connectivity index (χ0n) is 8.42. The second-order valence-corrected chi connectivity index (χ2v) is 3.47. The first kappa shape index (κ1) is 12.0. The van der Waals surface area contributed by atoms with Crippen molar-refractivity contribution in [1.82, 2.24) is 0 Å². The van der Waals surface area contributed by atoms with Crippen molar-refractivity contribution in [2.24, 2.45) is 11.8 Å². The van der Waals surface area contributed by atoms with Crippen molar-refractivity contribution in [3.63, 3.8) is 0 Å². The Morgan fingerprint density at radius 3 is 2.62 bits per heavy atom. The quantitative estimate of drug-likeness (QED) is 0.641. The van der Waals surface area contributed by atoms with E-state index in [1.54, 1.807) is 0 Å². The predicted octanol–water partition coefficient (Wildman–Crippen LogP) is 2.54. The third-order valence-corrected chi connectivity index (χ3v) is 2.35. The third kappa shape index (κ3) is 4.57. The summed E-state index contributed by atoms with van der Waals surface area (Å²) in [4.78, 5) is 10.8. The fourth-order valence-electron chi connectivity index (χ4n) is 1.39. The molecular formula is C11H18O2. The van der Waals surface area contributed by atoms with Gasteiger partial charge in [-0.05, 0) is 12.3 Å². The average molecular weight is 182 g/mol. The molecule has 0 bridgehead atoms. The first-order chi connectivity index (χ1) is 6.13. The standard InChI is InChI=1S/C11H18O2/c1-4-6-8-9(3)10(7-5-2)11(12)13/h2,9-10H,4,6-8H2,1,3H3,(H,12,13). The molecule has 0 aromatic heterocycles. The van der Waals surface area contributed by atoms with Crippen LogP contribution in [0.15, 0.2) is 0 Å². The fraction of sp³-hybridized carbons (Fsp3) is 0.727. The molecule has 0 aromatic rings. The Kier molecular flexibility index (Phi) is 6.05. The van der Waals surface area contributed by atoms with Crippen LogP contribution in [0, 0.1) is 24.2 Å². The van der Waals surface area contributed by atoms with Crippen LogP contribution in [0.5, 0.6) is 0 Å². The lowest BCUT2D eigenvalue weighted by Crippen LogP contribution is -2.21. The molecule has 0 heterocycles. The van der Waals surface area contributed by atoms with E-state index in [4.69, 9.17) is 11.5 Å². The summed E-state index contributed by atoms with van der Waals surface area (Å²) in [5, 5.41) is 8.88. The van der Waals surface area contributed by atoms with Gasteiger partial charge in [-0.15, -0.1) is 12.3 Å². The molecule has 0 radical (unpaired) electrons. The molecule has 0 aliphatic carbocycles. The lowest BCUT2D eigenvalue weighted by Gasteiger charge is -2.17. The van der Waals surface area contributed by atoms with Gasteiger partial charge in [-0.1, -0.05) is 26.7 Å². The molecule has 74 valence electrons. The van der Waals surface area contributed by atoms with Gasteiger partial charge >= 0.3 is 5.97 Å². The van der Waals surface area contributed by atoms with E-state index in [1.807, 2.05) is 6.92 Å². The Morgan fingerprint density at radius 2 is 2.23 bits per heavy atom. The molecule has 0 fully saturated rings. The molecule has 2 atom stereocenters. The van der Waals surface area contributed by atoms with E-state index in [9.17, 15) is 4.79 Å². The summed E-state index contributed by atoms with van der Waals surface area (Å²) in [7, 11) is 0. The van der Waals surface area contributed by atoms with Gasteiger partial charge in [-0.2, -0.15) is 0 Å². The first-order valence-electron chi connectivity index (χ1n) is 4.79. The van der Waals surface area contributed by atoms with Gasteiger partial charge in [0, 0.05) is 6.42 Å². The van der Waals surface area contributed by atoms with Crippen LogP contribution in [0.25, 0.3) is 0 Å². The van der Waals surface area contributed by atoms with Crippen molar-refractivity contribution in [2.45, 2.75) is 39.5 Å². The second kappa shape index (κ2) is 6.54. The Morgan fingerprint density at radius 1 is 1.62 bits per heavy atom. The fourth-order valence-corrected chi connectivity index (χ4v) is 1.39. The van der Waals surface area contributed by atoms with Crippen molar-refractivity contribution in [2.75, 3.05) is 0 Å². The molecule has 2 nitrogen and oxygen atoms in total. The van der Waals surface area contributed by atoms with Gasteiger partial charge in [0.05, 0.1) is 5.92 Å². The lowest BCUT2D eigenvalue weighted by molar-refractivity contribution is -0.143.